The smallest absolute Gasteiger partial charge is 0.0718 e. The van der Waals surface area contributed by atoms with Crippen LogP contribution in [0.2, 0.25) is 0 Å². The Hall–Kier alpha value is -0.900. The van der Waals surface area contributed by atoms with E-state index in [-0.39, 0.29) is 0 Å². The lowest BCUT2D eigenvalue weighted by Crippen LogP contribution is -2.09. The van der Waals surface area contributed by atoms with Crippen LogP contribution in [0.25, 0.3) is 0 Å². The minimum atomic E-state index is 0.418. The molecule has 0 bridgehead atoms. The van der Waals surface area contributed by atoms with Gasteiger partial charge in [-0.1, -0.05) is 44.5 Å². The van der Waals surface area contributed by atoms with E-state index in [0.29, 0.717) is 32.3 Å². The molecular weight excluding hydrogens is 238 g/mol. The zero-order valence-corrected chi connectivity index (χ0v) is 12.2. The van der Waals surface area contributed by atoms with E-state index in [4.69, 9.17) is 15.2 Å². The van der Waals surface area contributed by atoms with Crippen molar-refractivity contribution in [3.05, 3.63) is 35.4 Å². The van der Waals surface area contributed by atoms with Gasteiger partial charge in [0.15, 0.2) is 0 Å². The van der Waals surface area contributed by atoms with Crippen LogP contribution in [0.1, 0.15) is 43.7 Å². The standard InChI is InChI=1S/C16H27NO2/c1-3-4-9-18-10-11-19-13-15-5-7-16(8-6-15)14(2)12-17/h5-8,14H,3-4,9-13,17H2,1-2H3. The summed E-state index contributed by atoms with van der Waals surface area (Å²) in [6.07, 6.45) is 2.30. The Morgan fingerprint density at radius 1 is 1.05 bits per heavy atom. The summed E-state index contributed by atoms with van der Waals surface area (Å²) >= 11 is 0. The molecule has 3 heteroatoms. The lowest BCUT2D eigenvalue weighted by molar-refractivity contribution is 0.0397. The van der Waals surface area contributed by atoms with Gasteiger partial charge in [-0.05, 0) is 30.0 Å². The van der Waals surface area contributed by atoms with Crippen LogP contribution < -0.4 is 5.73 Å². The number of ether oxygens (including phenoxy) is 2. The number of unbranched alkanes of at least 4 members (excludes halogenated alkanes) is 1. The van der Waals surface area contributed by atoms with Crippen LogP contribution in [0.4, 0.5) is 0 Å². The highest BCUT2D eigenvalue weighted by molar-refractivity contribution is 5.24. The van der Waals surface area contributed by atoms with E-state index in [1.807, 2.05) is 0 Å². The van der Waals surface area contributed by atoms with Crippen molar-refractivity contribution in [1.29, 1.82) is 0 Å². The Morgan fingerprint density at radius 2 is 1.74 bits per heavy atom. The largest absolute Gasteiger partial charge is 0.379 e. The summed E-state index contributed by atoms with van der Waals surface area (Å²) in [5, 5.41) is 0. The van der Waals surface area contributed by atoms with Crippen LogP contribution in [0.15, 0.2) is 24.3 Å². The summed E-state index contributed by atoms with van der Waals surface area (Å²) in [6, 6.07) is 8.49. The summed E-state index contributed by atoms with van der Waals surface area (Å²) in [7, 11) is 0. The highest BCUT2D eigenvalue weighted by Gasteiger charge is 2.02. The Kier molecular flexibility index (Phi) is 8.47. The van der Waals surface area contributed by atoms with Crippen LogP contribution in [0.3, 0.4) is 0 Å². The summed E-state index contributed by atoms with van der Waals surface area (Å²) < 4.78 is 11.0. The minimum absolute atomic E-state index is 0.418. The van der Waals surface area contributed by atoms with Gasteiger partial charge in [0.25, 0.3) is 0 Å². The lowest BCUT2D eigenvalue weighted by atomic mass is 10.0. The molecule has 0 aliphatic heterocycles. The van der Waals surface area contributed by atoms with Crippen molar-refractivity contribution in [3.8, 4) is 0 Å². The van der Waals surface area contributed by atoms with Gasteiger partial charge in [-0.15, -0.1) is 0 Å². The third-order valence-corrected chi connectivity index (χ3v) is 3.19. The predicted molar refractivity (Wildman–Crippen MR) is 79.3 cm³/mol. The average molecular weight is 265 g/mol. The van der Waals surface area contributed by atoms with Gasteiger partial charge in [0, 0.05) is 6.61 Å². The fourth-order valence-electron chi connectivity index (χ4n) is 1.73. The third-order valence-electron chi connectivity index (χ3n) is 3.19. The van der Waals surface area contributed by atoms with Crippen molar-refractivity contribution in [1.82, 2.24) is 0 Å². The van der Waals surface area contributed by atoms with E-state index in [0.717, 1.165) is 13.0 Å². The van der Waals surface area contributed by atoms with Gasteiger partial charge >= 0.3 is 0 Å². The van der Waals surface area contributed by atoms with E-state index in [1.165, 1.54) is 17.5 Å². The minimum Gasteiger partial charge on any atom is -0.379 e. The van der Waals surface area contributed by atoms with Crippen LogP contribution in [0, 0.1) is 0 Å². The monoisotopic (exact) mass is 265 g/mol. The predicted octanol–water partition coefficient (Wildman–Crippen LogP) is 3.08. The summed E-state index contributed by atoms with van der Waals surface area (Å²) in [5.74, 6) is 0.418. The maximum absolute atomic E-state index is 5.65. The zero-order chi connectivity index (χ0) is 13.9. The molecule has 1 rings (SSSR count). The molecule has 1 aromatic rings. The second-order valence-corrected chi connectivity index (χ2v) is 4.90. The molecule has 1 unspecified atom stereocenters. The first-order valence-electron chi connectivity index (χ1n) is 7.22. The zero-order valence-electron chi connectivity index (χ0n) is 12.2. The fourth-order valence-corrected chi connectivity index (χ4v) is 1.73. The van der Waals surface area contributed by atoms with E-state index >= 15 is 0 Å². The van der Waals surface area contributed by atoms with Crippen LogP contribution >= 0.6 is 0 Å². The van der Waals surface area contributed by atoms with Gasteiger partial charge in [0.05, 0.1) is 19.8 Å². The number of rotatable bonds is 10. The molecule has 3 nitrogen and oxygen atoms in total. The first-order valence-corrected chi connectivity index (χ1v) is 7.22. The molecule has 2 N–H and O–H groups in total. The lowest BCUT2D eigenvalue weighted by Gasteiger charge is -2.10. The van der Waals surface area contributed by atoms with Crippen molar-refractivity contribution in [2.75, 3.05) is 26.4 Å². The molecule has 0 aliphatic carbocycles. The normalized spacial score (nSPS) is 12.6. The molecule has 0 saturated heterocycles. The quantitative estimate of drug-likeness (QED) is 0.661. The van der Waals surface area contributed by atoms with Crippen molar-refractivity contribution < 1.29 is 9.47 Å². The second-order valence-electron chi connectivity index (χ2n) is 4.90. The molecule has 0 radical (unpaired) electrons. The molecule has 1 aromatic carbocycles. The van der Waals surface area contributed by atoms with Crippen LogP contribution in [0.5, 0.6) is 0 Å². The van der Waals surface area contributed by atoms with Crippen LogP contribution in [-0.2, 0) is 16.1 Å². The third kappa shape index (κ3) is 6.71. The number of hydrogen-bond donors (Lipinski definition) is 1. The van der Waals surface area contributed by atoms with Crippen molar-refractivity contribution in [2.24, 2.45) is 5.73 Å². The maximum Gasteiger partial charge on any atom is 0.0718 e. The molecule has 0 spiro atoms. The maximum atomic E-state index is 5.65. The van der Waals surface area contributed by atoms with Crippen LogP contribution in [-0.4, -0.2) is 26.4 Å². The topological polar surface area (TPSA) is 44.5 Å². The molecular formula is C16H27NO2. The highest BCUT2D eigenvalue weighted by atomic mass is 16.5. The molecule has 0 aromatic heterocycles. The van der Waals surface area contributed by atoms with E-state index in [9.17, 15) is 0 Å². The number of hydrogen-bond acceptors (Lipinski definition) is 3. The Labute approximate surface area is 117 Å². The Bertz CT molecular complexity index is 324. The Morgan fingerprint density at radius 3 is 2.37 bits per heavy atom. The fraction of sp³-hybridized carbons (Fsp3) is 0.625. The SMILES string of the molecule is CCCCOCCOCc1ccc(C(C)CN)cc1. The van der Waals surface area contributed by atoms with Gasteiger partial charge in [-0.25, -0.2) is 0 Å². The highest BCUT2D eigenvalue weighted by Crippen LogP contribution is 2.14. The van der Waals surface area contributed by atoms with E-state index in [1.54, 1.807) is 0 Å². The van der Waals surface area contributed by atoms with Gasteiger partial charge in [-0.2, -0.15) is 0 Å². The van der Waals surface area contributed by atoms with E-state index in [2.05, 4.69) is 38.1 Å². The van der Waals surface area contributed by atoms with Gasteiger partial charge < -0.3 is 15.2 Å². The number of nitrogens with two attached hydrogens (primary N) is 1. The first-order chi connectivity index (χ1) is 9.27. The van der Waals surface area contributed by atoms with Crippen molar-refractivity contribution >= 4 is 0 Å². The Balaban J connectivity index is 2.16. The molecule has 0 fully saturated rings. The molecule has 0 aliphatic rings. The van der Waals surface area contributed by atoms with Gasteiger partial charge in [-0.3, -0.25) is 0 Å². The molecule has 1 atom stereocenters. The molecule has 0 heterocycles. The van der Waals surface area contributed by atoms with Gasteiger partial charge in [0.2, 0.25) is 0 Å². The van der Waals surface area contributed by atoms with E-state index < -0.39 is 0 Å². The molecule has 0 amide bonds. The summed E-state index contributed by atoms with van der Waals surface area (Å²) in [6.45, 7) is 7.81. The first kappa shape index (κ1) is 16.2. The van der Waals surface area contributed by atoms with Crippen molar-refractivity contribution in [2.45, 2.75) is 39.2 Å². The number of benzene rings is 1. The second kappa shape index (κ2) is 9.96. The van der Waals surface area contributed by atoms with Gasteiger partial charge in [0.1, 0.15) is 0 Å². The molecule has 0 saturated carbocycles. The molecule has 108 valence electrons. The average Bonchev–Trinajstić information content (AvgIpc) is 2.46. The summed E-state index contributed by atoms with van der Waals surface area (Å²) in [4.78, 5) is 0. The van der Waals surface area contributed by atoms with Crippen molar-refractivity contribution in [3.63, 3.8) is 0 Å². The summed E-state index contributed by atoms with van der Waals surface area (Å²) in [5.41, 5.74) is 8.13. The molecule has 19 heavy (non-hydrogen) atoms.